The minimum absolute atomic E-state index is 0.114. The van der Waals surface area contributed by atoms with Crippen LogP contribution in [0.25, 0.3) is 21.9 Å². The van der Waals surface area contributed by atoms with E-state index in [2.05, 4.69) is 11.8 Å². The Labute approximate surface area is 176 Å². The molecule has 154 valence electrons. The summed E-state index contributed by atoms with van der Waals surface area (Å²) < 4.78 is 61.7. The average molecular weight is 420 g/mol. The van der Waals surface area contributed by atoms with Crippen LogP contribution < -0.4 is 4.74 Å². The summed E-state index contributed by atoms with van der Waals surface area (Å²) in [5, 5.41) is 0.556. The number of rotatable bonds is 3. The van der Waals surface area contributed by atoms with E-state index in [1.807, 2.05) is 6.92 Å². The lowest BCUT2D eigenvalue weighted by molar-refractivity contribution is 0.340. The Morgan fingerprint density at radius 1 is 0.710 bits per heavy atom. The van der Waals surface area contributed by atoms with Crippen LogP contribution in [0, 0.1) is 35.1 Å². The Bertz CT molecular complexity index is 1310. The zero-order valence-electron chi connectivity index (χ0n) is 16.5. The van der Waals surface area contributed by atoms with Crippen molar-refractivity contribution in [3.05, 3.63) is 101 Å². The average Bonchev–Trinajstić information content (AvgIpc) is 2.76. The molecule has 31 heavy (non-hydrogen) atoms. The first-order valence-corrected chi connectivity index (χ1v) is 9.58. The highest BCUT2D eigenvalue weighted by molar-refractivity contribution is 5.84. The highest BCUT2D eigenvalue weighted by Crippen LogP contribution is 2.26. The van der Waals surface area contributed by atoms with Crippen LogP contribution in [0.15, 0.2) is 66.7 Å². The van der Waals surface area contributed by atoms with Gasteiger partial charge in [-0.1, -0.05) is 36.1 Å². The van der Waals surface area contributed by atoms with Crippen LogP contribution in [0.1, 0.15) is 18.1 Å². The first-order valence-electron chi connectivity index (χ1n) is 9.58. The maximum atomic E-state index is 14.6. The van der Waals surface area contributed by atoms with E-state index < -0.39 is 23.3 Å². The molecule has 0 bridgehead atoms. The lowest BCUT2D eigenvalue weighted by Gasteiger charge is -2.07. The van der Waals surface area contributed by atoms with Gasteiger partial charge in [-0.15, -0.1) is 0 Å². The summed E-state index contributed by atoms with van der Waals surface area (Å²) in [6.45, 7) is 2.40. The molecule has 1 nitrogen and oxygen atoms in total. The summed E-state index contributed by atoms with van der Waals surface area (Å²) >= 11 is 0. The van der Waals surface area contributed by atoms with Gasteiger partial charge >= 0.3 is 0 Å². The topological polar surface area (TPSA) is 9.23 Å². The Morgan fingerprint density at radius 2 is 1.42 bits per heavy atom. The van der Waals surface area contributed by atoms with Crippen molar-refractivity contribution in [1.82, 2.24) is 0 Å². The molecular formula is C26H16F4O. The van der Waals surface area contributed by atoms with E-state index in [9.17, 15) is 17.6 Å². The first-order chi connectivity index (χ1) is 15.0. The molecular weight excluding hydrogens is 404 g/mol. The predicted octanol–water partition coefficient (Wildman–Crippen LogP) is 6.86. The molecule has 0 aromatic heterocycles. The zero-order chi connectivity index (χ0) is 22.0. The van der Waals surface area contributed by atoms with E-state index in [0.29, 0.717) is 34.4 Å². The van der Waals surface area contributed by atoms with Gasteiger partial charge in [0.05, 0.1) is 12.2 Å². The number of hydrogen-bond acceptors (Lipinski definition) is 1. The molecule has 0 amide bonds. The zero-order valence-corrected chi connectivity index (χ0v) is 16.5. The monoisotopic (exact) mass is 420 g/mol. The van der Waals surface area contributed by atoms with Crippen molar-refractivity contribution in [2.45, 2.75) is 6.92 Å². The molecule has 0 N–H and O–H groups in total. The molecule has 0 atom stereocenters. The van der Waals surface area contributed by atoms with Crippen LogP contribution in [-0.2, 0) is 0 Å². The fourth-order valence-electron chi connectivity index (χ4n) is 3.25. The number of benzene rings is 4. The second kappa shape index (κ2) is 8.53. The number of hydrogen-bond donors (Lipinski definition) is 0. The summed E-state index contributed by atoms with van der Waals surface area (Å²) in [5.41, 5.74) is 1.09. The Balaban J connectivity index is 1.65. The van der Waals surface area contributed by atoms with Crippen molar-refractivity contribution in [2.75, 3.05) is 6.61 Å². The molecule has 5 heteroatoms. The van der Waals surface area contributed by atoms with Crippen LogP contribution in [0.4, 0.5) is 17.6 Å². The maximum absolute atomic E-state index is 14.6. The van der Waals surface area contributed by atoms with Crippen molar-refractivity contribution in [2.24, 2.45) is 0 Å². The highest BCUT2D eigenvalue weighted by atomic mass is 19.2. The van der Waals surface area contributed by atoms with Gasteiger partial charge in [0.15, 0.2) is 11.6 Å². The Hall–Kier alpha value is -3.78. The number of halogens is 4. The Kier molecular flexibility index (Phi) is 5.64. The van der Waals surface area contributed by atoms with Gasteiger partial charge < -0.3 is 4.74 Å². The summed E-state index contributed by atoms with van der Waals surface area (Å²) in [6.07, 6.45) is 0. The van der Waals surface area contributed by atoms with Crippen molar-refractivity contribution in [3.8, 4) is 28.7 Å². The number of fused-ring (bicyclic) bond motifs is 1. The van der Waals surface area contributed by atoms with E-state index in [-0.39, 0.29) is 10.9 Å². The molecule has 0 aliphatic heterocycles. The van der Waals surface area contributed by atoms with Crippen molar-refractivity contribution >= 4 is 10.8 Å². The maximum Gasteiger partial charge on any atom is 0.166 e. The van der Waals surface area contributed by atoms with Gasteiger partial charge in [0.25, 0.3) is 0 Å². The smallest absolute Gasteiger partial charge is 0.166 e. The van der Waals surface area contributed by atoms with Crippen molar-refractivity contribution in [1.29, 1.82) is 0 Å². The van der Waals surface area contributed by atoms with Crippen LogP contribution in [0.5, 0.6) is 5.75 Å². The molecule has 0 fully saturated rings. The second-order valence-electron chi connectivity index (χ2n) is 6.82. The quantitative estimate of drug-likeness (QED) is 0.260. The van der Waals surface area contributed by atoms with Gasteiger partial charge in [0, 0.05) is 10.9 Å². The van der Waals surface area contributed by atoms with Crippen molar-refractivity contribution < 1.29 is 22.3 Å². The molecule has 0 aliphatic rings. The highest BCUT2D eigenvalue weighted by Gasteiger charge is 2.11. The van der Waals surface area contributed by atoms with Crippen LogP contribution in [-0.4, -0.2) is 6.61 Å². The van der Waals surface area contributed by atoms with Crippen LogP contribution in [0.2, 0.25) is 0 Å². The largest absolute Gasteiger partial charge is 0.494 e. The van der Waals surface area contributed by atoms with Gasteiger partial charge in [-0.3, -0.25) is 0 Å². The van der Waals surface area contributed by atoms with Crippen LogP contribution in [0.3, 0.4) is 0 Å². The molecule has 0 saturated heterocycles. The van der Waals surface area contributed by atoms with Gasteiger partial charge in [0.1, 0.15) is 17.4 Å². The van der Waals surface area contributed by atoms with Gasteiger partial charge in [0.2, 0.25) is 0 Å². The van der Waals surface area contributed by atoms with E-state index in [1.165, 1.54) is 36.4 Å². The summed E-state index contributed by atoms with van der Waals surface area (Å²) in [5.74, 6) is 2.41. The second-order valence-corrected chi connectivity index (χ2v) is 6.82. The van der Waals surface area contributed by atoms with E-state index in [4.69, 9.17) is 4.74 Å². The fraction of sp³-hybridized carbons (Fsp3) is 0.0769. The van der Waals surface area contributed by atoms with E-state index >= 15 is 0 Å². The van der Waals surface area contributed by atoms with E-state index in [0.717, 1.165) is 6.07 Å². The third-order valence-electron chi connectivity index (χ3n) is 4.78. The lowest BCUT2D eigenvalue weighted by atomic mass is 10.0. The standard InChI is InChI=1S/C26H16F4O/c1-2-31-20-8-5-17(6-9-20)19-14-24(28)22(25(29)15-19)11-4-16-3-10-21-18(13-16)7-12-23(27)26(21)30/h3,5-10,12-15H,2H2,1H3. The minimum Gasteiger partial charge on any atom is -0.494 e. The fourth-order valence-corrected chi connectivity index (χ4v) is 3.25. The molecule has 4 aromatic rings. The molecule has 0 unspecified atom stereocenters. The lowest BCUT2D eigenvalue weighted by Crippen LogP contribution is -1.93. The number of ether oxygens (including phenoxy) is 1. The SMILES string of the molecule is CCOc1ccc(-c2cc(F)c(C#Cc3ccc4c(F)c(F)ccc4c3)c(F)c2)cc1. The first kappa shape index (κ1) is 20.5. The molecule has 0 aliphatic carbocycles. The normalized spacial score (nSPS) is 10.6. The molecule has 4 rings (SSSR count). The minimum atomic E-state index is -0.945. The summed E-state index contributed by atoms with van der Waals surface area (Å²) in [7, 11) is 0. The Morgan fingerprint density at radius 3 is 2.10 bits per heavy atom. The van der Waals surface area contributed by atoms with Gasteiger partial charge in [-0.05, 0) is 65.9 Å². The summed E-state index contributed by atoms with van der Waals surface area (Å²) in [6, 6.07) is 16.2. The molecule has 4 aromatic carbocycles. The molecule has 0 heterocycles. The molecule has 0 saturated carbocycles. The van der Waals surface area contributed by atoms with Gasteiger partial charge in [-0.2, -0.15) is 0 Å². The summed E-state index contributed by atoms with van der Waals surface area (Å²) in [4.78, 5) is 0. The predicted molar refractivity (Wildman–Crippen MR) is 113 cm³/mol. The molecule has 0 radical (unpaired) electrons. The van der Waals surface area contributed by atoms with E-state index in [1.54, 1.807) is 24.3 Å². The third kappa shape index (κ3) is 4.24. The molecule has 0 spiro atoms. The third-order valence-corrected chi connectivity index (χ3v) is 4.78. The van der Waals surface area contributed by atoms with Gasteiger partial charge in [-0.25, -0.2) is 17.6 Å². The van der Waals surface area contributed by atoms with Crippen molar-refractivity contribution in [3.63, 3.8) is 0 Å². The van der Waals surface area contributed by atoms with Crippen LogP contribution >= 0.6 is 0 Å².